The number of hydrogen-bond donors (Lipinski definition) is 5. The molecular weight excluding hydrogens is 477 g/mol. The maximum atomic E-state index is 12.9. The molecule has 0 aromatic heterocycles. The number of hydrogen-bond acceptors (Lipinski definition) is 7. The number of alkyl carbamates (subject to hydrolysis) is 1. The zero-order valence-electron chi connectivity index (χ0n) is 18.6. The van der Waals surface area contributed by atoms with Crippen LogP contribution in [0.5, 0.6) is 0 Å². The molecule has 2 rings (SSSR count). The quantitative estimate of drug-likeness (QED) is 0.203. The van der Waals surface area contributed by atoms with Crippen molar-refractivity contribution < 1.29 is 37.2 Å². The van der Waals surface area contributed by atoms with Gasteiger partial charge in [-0.3, -0.25) is 14.1 Å². The predicted molar refractivity (Wildman–Crippen MR) is 125 cm³/mol. The maximum absolute atomic E-state index is 12.9. The Bertz CT molecular complexity index is 929. The van der Waals surface area contributed by atoms with Crippen molar-refractivity contribution in [3.63, 3.8) is 0 Å². The molecule has 11 nitrogen and oxygen atoms in total. The van der Waals surface area contributed by atoms with Gasteiger partial charge in [-0.2, -0.15) is 8.42 Å². The zero-order valence-corrected chi connectivity index (χ0v) is 19.4. The minimum atomic E-state index is -4.92. The number of benzene rings is 1. The predicted octanol–water partition coefficient (Wildman–Crippen LogP) is -0.104. The van der Waals surface area contributed by atoms with E-state index in [1.807, 2.05) is 19.9 Å². The molecule has 3 unspecified atom stereocenters. The summed E-state index contributed by atoms with van der Waals surface area (Å²) in [6, 6.07) is 6.38. The molecular formula is C21H32N3NaO8S. The summed E-state index contributed by atoms with van der Waals surface area (Å²) < 4.78 is 37.5. The van der Waals surface area contributed by atoms with Gasteiger partial charge in [0.25, 0.3) is 10.1 Å². The molecule has 1 saturated heterocycles. The summed E-state index contributed by atoms with van der Waals surface area (Å²) >= 11 is 0. The Labute approximate surface area is 221 Å². The van der Waals surface area contributed by atoms with Crippen LogP contribution in [0.3, 0.4) is 0 Å². The van der Waals surface area contributed by atoms with Crippen LogP contribution in [0, 0.1) is 11.8 Å². The minimum absolute atomic E-state index is 0. The van der Waals surface area contributed by atoms with Gasteiger partial charge in [0.15, 0.2) is 0 Å². The number of ether oxygens (including phenoxy) is 1. The summed E-state index contributed by atoms with van der Waals surface area (Å²) in [6.07, 6.45) is -0.458. The first-order valence-corrected chi connectivity index (χ1v) is 12.2. The van der Waals surface area contributed by atoms with Crippen LogP contribution < -0.4 is 16.0 Å². The van der Waals surface area contributed by atoms with Gasteiger partial charge in [-0.1, -0.05) is 44.2 Å². The van der Waals surface area contributed by atoms with Gasteiger partial charge in [0, 0.05) is 12.5 Å². The van der Waals surface area contributed by atoms with E-state index < -0.39 is 45.6 Å². The van der Waals surface area contributed by atoms with Crippen molar-refractivity contribution in [3.8, 4) is 0 Å². The van der Waals surface area contributed by atoms with Crippen molar-refractivity contribution in [1.82, 2.24) is 16.0 Å². The Kier molecular flexibility index (Phi) is 12.5. The van der Waals surface area contributed by atoms with E-state index >= 15 is 0 Å². The van der Waals surface area contributed by atoms with Crippen molar-refractivity contribution in [1.29, 1.82) is 0 Å². The van der Waals surface area contributed by atoms with Gasteiger partial charge in [-0.15, -0.1) is 0 Å². The molecule has 4 atom stereocenters. The first kappa shape index (κ1) is 30.3. The monoisotopic (exact) mass is 509 g/mol. The number of carbonyl (C=O) groups is 3. The number of aliphatic hydroxyl groups is 1. The van der Waals surface area contributed by atoms with Crippen LogP contribution in [0.15, 0.2) is 30.3 Å². The topological polar surface area (TPSA) is 171 Å². The SMILES string of the molecule is CC(C)CC(NC(=O)OCc1ccccc1)C(=O)N[C@@H](CC1CCNC1=O)C(O)S(=O)(=O)O.[NaH]. The van der Waals surface area contributed by atoms with Crippen LogP contribution in [0.2, 0.25) is 0 Å². The second-order valence-electron chi connectivity index (χ2n) is 8.42. The van der Waals surface area contributed by atoms with E-state index in [1.54, 1.807) is 24.3 Å². The standard InChI is InChI=1S/C21H31N3O8S.Na.H/c1-13(2)10-16(24-21(28)32-12-14-6-4-3-5-7-14)19(26)23-17(20(27)33(29,30)31)11-15-8-9-22-18(15)25;;/h3-7,13,15-17,20,27H,8-12H2,1-2H3,(H,22,25)(H,23,26)(H,24,28)(H,29,30,31);;/t15?,16?,17-,20?;;/m0../s1. The van der Waals surface area contributed by atoms with Gasteiger partial charge in [0.2, 0.25) is 17.3 Å². The molecule has 1 aromatic carbocycles. The third-order valence-corrected chi connectivity index (χ3v) is 6.15. The van der Waals surface area contributed by atoms with Gasteiger partial charge in [0.05, 0.1) is 6.04 Å². The molecule has 0 spiro atoms. The van der Waals surface area contributed by atoms with E-state index in [2.05, 4.69) is 16.0 Å². The van der Waals surface area contributed by atoms with Gasteiger partial charge in [0.1, 0.15) is 12.6 Å². The fourth-order valence-corrected chi connectivity index (χ4v) is 4.12. The van der Waals surface area contributed by atoms with Crippen LogP contribution in [0.4, 0.5) is 4.79 Å². The molecule has 5 N–H and O–H groups in total. The van der Waals surface area contributed by atoms with E-state index in [9.17, 15) is 32.5 Å². The second-order valence-corrected chi connectivity index (χ2v) is 9.93. The Morgan fingerprint density at radius 3 is 2.38 bits per heavy atom. The molecule has 1 heterocycles. The Hall–Kier alpha value is -1.70. The van der Waals surface area contributed by atoms with Gasteiger partial charge >= 0.3 is 35.7 Å². The molecule has 1 aliphatic heterocycles. The number of aliphatic hydroxyl groups excluding tert-OH is 1. The summed E-state index contributed by atoms with van der Waals surface area (Å²) in [5.41, 5.74) is -1.58. The molecule has 0 radical (unpaired) electrons. The fraction of sp³-hybridized carbons (Fsp3) is 0.571. The van der Waals surface area contributed by atoms with E-state index in [0.717, 1.165) is 5.56 Å². The van der Waals surface area contributed by atoms with Crippen molar-refractivity contribution in [2.24, 2.45) is 11.8 Å². The average molecular weight is 510 g/mol. The number of nitrogens with one attached hydrogen (secondary N) is 3. The second kappa shape index (κ2) is 14.0. The number of rotatable bonds is 11. The molecule has 1 aromatic rings. The summed E-state index contributed by atoms with van der Waals surface area (Å²) in [5.74, 6) is -1.77. The molecule has 186 valence electrons. The first-order chi connectivity index (χ1) is 15.5. The molecule has 0 saturated carbocycles. The molecule has 34 heavy (non-hydrogen) atoms. The van der Waals surface area contributed by atoms with E-state index in [0.29, 0.717) is 13.0 Å². The third-order valence-electron chi connectivity index (χ3n) is 5.21. The first-order valence-electron chi connectivity index (χ1n) is 10.7. The van der Waals surface area contributed by atoms with E-state index in [4.69, 9.17) is 4.74 Å². The van der Waals surface area contributed by atoms with Crippen LogP contribution in [-0.2, 0) is 31.1 Å². The van der Waals surface area contributed by atoms with Gasteiger partial charge in [-0.05, 0) is 30.7 Å². The van der Waals surface area contributed by atoms with Crippen LogP contribution in [0.25, 0.3) is 0 Å². The van der Waals surface area contributed by atoms with E-state index in [1.165, 1.54) is 0 Å². The fourth-order valence-electron chi connectivity index (χ4n) is 3.52. The Morgan fingerprint density at radius 1 is 1.21 bits per heavy atom. The van der Waals surface area contributed by atoms with Crippen LogP contribution in [-0.4, -0.2) is 89.6 Å². The van der Waals surface area contributed by atoms with Crippen LogP contribution >= 0.6 is 0 Å². The Morgan fingerprint density at radius 2 is 1.85 bits per heavy atom. The van der Waals surface area contributed by atoms with Crippen LogP contribution in [0.1, 0.15) is 38.7 Å². The third kappa shape index (κ3) is 9.88. The summed E-state index contributed by atoms with van der Waals surface area (Å²) in [7, 11) is -4.92. The molecule has 1 aliphatic rings. The molecule has 1 fully saturated rings. The van der Waals surface area contributed by atoms with E-state index in [-0.39, 0.29) is 60.8 Å². The normalized spacial score (nSPS) is 18.3. The van der Waals surface area contributed by atoms with Crippen molar-refractivity contribution in [3.05, 3.63) is 35.9 Å². The summed E-state index contributed by atoms with van der Waals surface area (Å²) in [5, 5.41) is 17.5. The van der Waals surface area contributed by atoms with Crippen molar-refractivity contribution in [2.45, 2.75) is 57.2 Å². The van der Waals surface area contributed by atoms with Crippen molar-refractivity contribution in [2.75, 3.05) is 6.54 Å². The van der Waals surface area contributed by atoms with Gasteiger partial charge < -0.3 is 25.8 Å². The van der Waals surface area contributed by atoms with Gasteiger partial charge in [-0.25, -0.2) is 4.79 Å². The van der Waals surface area contributed by atoms with Crippen molar-refractivity contribution >= 4 is 57.6 Å². The number of amides is 3. The number of carbonyl (C=O) groups excluding carboxylic acids is 3. The zero-order chi connectivity index (χ0) is 24.6. The summed E-state index contributed by atoms with van der Waals surface area (Å²) in [4.78, 5) is 37.1. The molecule has 0 bridgehead atoms. The molecule has 13 heteroatoms. The summed E-state index contributed by atoms with van der Waals surface area (Å²) in [6.45, 7) is 4.02. The molecule has 3 amide bonds. The Balaban J connectivity index is 0.00000578. The average Bonchev–Trinajstić information content (AvgIpc) is 3.14. The molecule has 0 aliphatic carbocycles.